The number of sulfone groups is 1. The molecule has 0 fully saturated rings. The van der Waals surface area contributed by atoms with E-state index in [0.29, 0.717) is 0 Å². The lowest BCUT2D eigenvalue weighted by atomic mass is 10.1. The van der Waals surface area contributed by atoms with Crippen molar-refractivity contribution in [2.24, 2.45) is 0 Å². The second kappa shape index (κ2) is 5.41. The summed E-state index contributed by atoms with van der Waals surface area (Å²) >= 11 is 0. The van der Waals surface area contributed by atoms with Crippen LogP contribution in [0.3, 0.4) is 0 Å². The Morgan fingerprint density at radius 3 is 2.38 bits per heavy atom. The van der Waals surface area contributed by atoms with Gasteiger partial charge in [0.05, 0.1) is 5.75 Å². The van der Waals surface area contributed by atoms with Crippen LogP contribution in [0.15, 0.2) is 24.5 Å². The van der Waals surface area contributed by atoms with Gasteiger partial charge in [-0.3, -0.25) is 4.98 Å². The van der Waals surface area contributed by atoms with Crippen LogP contribution in [0.25, 0.3) is 0 Å². The van der Waals surface area contributed by atoms with Gasteiger partial charge in [0.15, 0.2) is 0 Å². The molecule has 1 heterocycles. The molecule has 90 valence electrons. The molecule has 0 radical (unpaired) electrons. The lowest BCUT2D eigenvalue weighted by molar-refractivity contribution is 0.500. The summed E-state index contributed by atoms with van der Waals surface area (Å²) in [5, 5.41) is 3.25. The summed E-state index contributed by atoms with van der Waals surface area (Å²) in [6.07, 6.45) is 4.71. The van der Waals surface area contributed by atoms with Gasteiger partial charge in [0.25, 0.3) is 0 Å². The lowest BCUT2D eigenvalue weighted by Gasteiger charge is -2.19. The minimum Gasteiger partial charge on any atom is -0.307 e. The van der Waals surface area contributed by atoms with Crippen LogP contribution >= 0.6 is 0 Å². The molecule has 5 heteroatoms. The summed E-state index contributed by atoms with van der Waals surface area (Å²) in [5.41, 5.74) is 1.11. The highest BCUT2D eigenvalue weighted by atomic mass is 32.2. The Morgan fingerprint density at radius 2 is 1.88 bits per heavy atom. The van der Waals surface area contributed by atoms with Crippen LogP contribution < -0.4 is 5.32 Å². The van der Waals surface area contributed by atoms with Crippen molar-refractivity contribution in [2.75, 3.05) is 12.0 Å². The molecule has 0 amide bonds. The fourth-order valence-corrected chi connectivity index (χ4v) is 2.68. The van der Waals surface area contributed by atoms with Gasteiger partial charge in [0.1, 0.15) is 9.84 Å². The largest absolute Gasteiger partial charge is 0.307 e. The van der Waals surface area contributed by atoms with Crippen LogP contribution in [0.2, 0.25) is 0 Å². The van der Waals surface area contributed by atoms with E-state index in [1.54, 1.807) is 12.4 Å². The zero-order chi connectivity index (χ0) is 12.2. The zero-order valence-corrected chi connectivity index (χ0v) is 10.7. The van der Waals surface area contributed by atoms with Crippen molar-refractivity contribution in [1.82, 2.24) is 10.3 Å². The highest BCUT2D eigenvalue weighted by Crippen LogP contribution is 2.11. The first-order chi connectivity index (χ1) is 7.38. The molecule has 16 heavy (non-hydrogen) atoms. The topological polar surface area (TPSA) is 59.1 Å². The van der Waals surface area contributed by atoms with Gasteiger partial charge in [0, 0.05) is 30.7 Å². The van der Waals surface area contributed by atoms with Gasteiger partial charge in [0.2, 0.25) is 0 Å². The quantitative estimate of drug-likeness (QED) is 0.842. The minimum atomic E-state index is -2.93. The highest BCUT2D eigenvalue weighted by Gasteiger charge is 2.13. The summed E-state index contributed by atoms with van der Waals surface area (Å²) in [4.78, 5) is 3.94. The highest BCUT2D eigenvalue weighted by molar-refractivity contribution is 7.90. The third-order valence-electron chi connectivity index (χ3n) is 2.29. The van der Waals surface area contributed by atoms with Gasteiger partial charge in [-0.25, -0.2) is 8.42 Å². The van der Waals surface area contributed by atoms with Crippen LogP contribution in [-0.4, -0.2) is 31.5 Å². The lowest BCUT2D eigenvalue weighted by Crippen LogP contribution is -2.34. The summed E-state index contributed by atoms with van der Waals surface area (Å²) in [6.45, 7) is 3.88. The third kappa shape index (κ3) is 4.72. The van der Waals surface area contributed by atoms with Crippen LogP contribution in [0.1, 0.15) is 25.5 Å². The molecule has 0 aliphatic carbocycles. The predicted octanol–water partition coefficient (Wildman–Crippen LogP) is 1.17. The average molecular weight is 242 g/mol. The molecule has 0 aliphatic heterocycles. The van der Waals surface area contributed by atoms with Crippen molar-refractivity contribution in [3.8, 4) is 0 Å². The van der Waals surface area contributed by atoms with Crippen LogP contribution in [0.5, 0.6) is 0 Å². The van der Waals surface area contributed by atoms with E-state index in [4.69, 9.17) is 0 Å². The molecular formula is C11H18N2O2S. The third-order valence-corrected chi connectivity index (χ3v) is 3.40. The van der Waals surface area contributed by atoms with E-state index in [-0.39, 0.29) is 17.8 Å². The van der Waals surface area contributed by atoms with Crippen molar-refractivity contribution in [1.29, 1.82) is 0 Å². The van der Waals surface area contributed by atoms with Crippen molar-refractivity contribution in [2.45, 2.75) is 25.9 Å². The molecule has 4 nitrogen and oxygen atoms in total. The number of nitrogens with zero attached hydrogens (tertiary/aromatic N) is 1. The number of hydrogen-bond acceptors (Lipinski definition) is 4. The molecule has 2 atom stereocenters. The molecule has 2 unspecified atom stereocenters. The maximum Gasteiger partial charge on any atom is 0.148 e. The van der Waals surface area contributed by atoms with E-state index in [2.05, 4.69) is 10.3 Å². The van der Waals surface area contributed by atoms with Gasteiger partial charge in [-0.15, -0.1) is 0 Å². The van der Waals surface area contributed by atoms with Crippen LogP contribution in [-0.2, 0) is 9.84 Å². The molecular weight excluding hydrogens is 224 g/mol. The number of pyridine rings is 1. The summed E-state index contributed by atoms with van der Waals surface area (Å²) in [7, 11) is -2.93. The van der Waals surface area contributed by atoms with Crippen molar-refractivity contribution in [3.63, 3.8) is 0 Å². The normalized spacial score (nSPS) is 15.7. The maximum absolute atomic E-state index is 11.1. The fraction of sp³-hybridized carbons (Fsp3) is 0.545. The average Bonchev–Trinajstić information content (AvgIpc) is 2.16. The first-order valence-corrected chi connectivity index (χ1v) is 7.28. The Hall–Kier alpha value is -0.940. The molecule has 1 aromatic heterocycles. The summed E-state index contributed by atoms with van der Waals surface area (Å²) in [5.74, 6) is 0.155. The smallest absolute Gasteiger partial charge is 0.148 e. The Bertz CT molecular complexity index is 417. The molecule has 0 aliphatic rings. The number of rotatable bonds is 5. The molecule has 1 aromatic rings. The van der Waals surface area contributed by atoms with E-state index in [1.165, 1.54) is 6.26 Å². The monoisotopic (exact) mass is 242 g/mol. The number of aromatic nitrogens is 1. The summed E-state index contributed by atoms with van der Waals surface area (Å²) in [6, 6.07) is 3.91. The van der Waals surface area contributed by atoms with E-state index in [0.717, 1.165) is 5.56 Å². The Kier molecular flexibility index (Phi) is 4.44. The molecule has 1 rings (SSSR count). The van der Waals surface area contributed by atoms with Crippen molar-refractivity contribution >= 4 is 9.84 Å². The standard InChI is InChI=1S/C11H18N2O2S/c1-9(8-16(3,14)15)13-10(2)11-4-6-12-7-5-11/h4-7,9-10,13H,8H2,1-3H3. The fourth-order valence-electron chi connectivity index (χ4n) is 1.68. The zero-order valence-electron chi connectivity index (χ0n) is 9.84. The van der Waals surface area contributed by atoms with E-state index >= 15 is 0 Å². The predicted molar refractivity (Wildman–Crippen MR) is 65.0 cm³/mol. The van der Waals surface area contributed by atoms with Gasteiger partial charge in [-0.05, 0) is 31.5 Å². The van der Waals surface area contributed by atoms with Crippen LogP contribution in [0, 0.1) is 0 Å². The second-order valence-electron chi connectivity index (χ2n) is 4.16. The Balaban J connectivity index is 2.55. The Labute approximate surface area is 97.0 Å². The van der Waals surface area contributed by atoms with Crippen LogP contribution in [0.4, 0.5) is 0 Å². The van der Waals surface area contributed by atoms with Crippen molar-refractivity contribution in [3.05, 3.63) is 30.1 Å². The Morgan fingerprint density at radius 1 is 1.31 bits per heavy atom. The maximum atomic E-state index is 11.1. The molecule has 0 aromatic carbocycles. The molecule has 0 bridgehead atoms. The second-order valence-corrected chi connectivity index (χ2v) is 6.35. The van der Waals surface area contributed by atoms with Gasteiger partial charge in [-0.2, -0.15) is 0 Å². The van der Waals surface area contributed by atoms with Gasteiger partial charge >= 0.3 is 0 Å². The SMILES string of the molecule is CC(CS(C)(=O)=O)NC(C)c1ccncc1. The first kappa shape index (κ1) is 13.1. The number of nitrogens with one attached hydrogen (secondary N) is 1. The summed E-state index contributed by atoms with van der Waals surface area (Å²) < 4.78 is 22.2. The first-order valence-electron chi connectivity index (χ1n) is 5.22. The minimum absolute atomic E-state index is 0.0573. The van der Waals surface area contributed by atoms with E-state index in [1.807, 2.05) is 26.0 Å². The molecule has 0 spiro atoms. The number of hydrogen-bond donors (Lipinski definition) is 1. The van der Waals surface area contributed by atoms with Gasteiger partial charge in [-0.1, -0.05) is 0 Å². The van der Waals surface area contributed by atoms with E-state index in [9.17, 15) is 8.42 Å². The molecule has 0 saturated heterocycles. The van der Waals surface area contributed by atoms with Crippen molar-refractivity contribution < 1.29 is 8.42 Å². The van der Waals surface area contributed by atoms with E-state index < -0.39 is 9.84 Å². The van der Waals surface area contributed by atoms with Gasteiger partial charge < -0.3 is 5.32 Å². The molecule has 0 saturated carbocycles. The molecule has 1 N–H and O–H groups in total.